The molecule has 1 N–H and O–H groups in total. The molecule has 3 fully saturated rings. The molecule has 15 nitrogen and oxygen atoms in total. The summed E-state index contributed by atoms with van der Waals surface area (Å²) in [5.74, 6) is -5.51. The molecule has 3 aliphatic rings. The Labute approximate surface area is 255 Å². The zero-order valence-electron chi connectivity index (χ0n) is 24.4. The second kappa shape index (κ2) is 16.2. The lowest BCUT2D eigenvalue weighted by Gasteiger charge is -2.44. The Morgan fingerprint density at radius 3 is 1.65 bits per heavy atom. The molecular weight excluding hydrogens is 610 g/mol. The molecule has 4 amide bonds. The molecule has 17 heteroatoms. The number of rotatable bonds is 17. The number of hydrogen-bond donors (Lipinski definition) is 1. The summed E-state index contributed by atoms with van der Waals surface area (Å²) in [5.41, 5.74) is -0.980. The molecule has 3 heterocycles. The molecule has 0 aliphatic carbocycles. The van der Waals surface area contributed by atoms with Crippen molar-refractivity contribution in [3.05, 3.63) is 0 Å². The molecule has 0 spiro atoms. The normalized spacial score (nSPS) is 25.8. The minimum Gasteiger partial charge on any atom is -0.616 e. The van der Waals surface area contributed by atoms with Gasteiger partial charge in [-0.1, -0.05) is 29.3 Å². The van der Waals surface area contributed by atoms with Crippen molar-refractivity contribution in [1.29, 1.82) is 0 Å². The van der Waals surface area contributed by atoms with E-state index in [2.05, 4.69) is 5.32 Å². The molecule has 3 rings (SSSR count). The molecule has 2 atom stereocenters. The smallest absolute Gasteiger partial charge is 0.337 e. The molecule has 242 valence electrons. The SMILES string of the molecule is CCNCCCC1(C)OCC(C[S+]([O-])CCC(=O)ON2C(=O)CCC2=O)(C[S+]([O-])CCC(=O)ON2C(=O)CCC2=O)CO1. The van der Waals surface area contributed by atoms with Crippen LogP contribution in [0.4, 0.5) is 0 Å². The lowest BCUT2D eigenvalue weighted by atomic mass is 9.93. The zero-order valence-corrected chi connectivity index (χ0v) is 26.1. The molecular formula is C26H39N3O12S2. The standard InChI is InChI=1S/C26H39N3O12S2/c1-3-27-12-4-11-25(2)38-15-26(16-39-25,17-42(36)13-9-23(34)40-28-19(30)5-6-20(28)31)18-43(37)14-10-24(35)41-29-21(32)7-8-22(29)33/h27H,3-18H2,1-2H3. The Morgan fingerprint density at radius 1 is 0.837 bits per heavy atom. The second-order valence-corrected chi connectivity index (χ2v) is 14.0. The molecule has 3 saturated heterocycles. The van der Waals surface area contributed by atoms with Crippen LogP contribution < -0.4 is 5.32 Å². The number of imide groups is 2. The molecule has 0 aromatic rings. The molecule has 0 radical (unpaired) electrons. The number of nitrogens with one attached hydrogen (secondary N) is 1. The van der Waals surface area contributed by atoms with E-state index < -0.39 is 69.1 Å². The summed E-state index contributed by atoms with van der Waals surface area (Å²) in [6, 6.07) is 0. The molecule has 3 aliphatic heterocycles. The van der Waals surface area contributed by atoms with Crippen LogP contribution in [0.2, 0.25) is 0 Å². The summed E-state index contributed by atoms with van der Waals surface area (Å²) in [6.45, 7) is 5.52. The average Bonchev–Trinajstić information content (AvgIpc) is 3.45. The van der Waals surface area contributed by atoms with Gasteiger partial charge in [0.1, 0.15) is 28.4 Å². The van der Waals surface area contributed by atoms with Gasteiger partial charge in [0, 0.05) is 32.1 Å². The Kier molecular flexibility index (Phi) is 13.2. The van der Waals surface area contributed by atoms with E-state index in [0.29, 0.717) is 16.5 Å². The van der Waals surface area contributed by atoms with Gasteiger partial charge in [0.2, 0.25) is 0 Å². The maximum absolute atomic E-state index is 13.1. The number of carbonyl (C=O) groups is 6. The number of hydrogen-bond acceptors (Lipinski definition) is 13. The number of ether oxygens (including phenoxy) is 2. The molecule has 0 aromatic carbocycles. The maximum Gasteiger partial charge on any atom is 0.337 e. The third kappa shape index (κ3) is 10.7. The largest absolute Gasteiger partial charge is 0.616 e. The van der Waals surface area contributed by atoms with Gasteiger partial charge >= 0.3 is 11.9 Å². The summed E-state index contributed by atoms with van der Waals surface area (Å²) in [4.78, 5) is 80.7. The van der Waals surface area contributed by atoms with Gasteiger partial charge in [0.15, 0.2) is 5.79 Å². The maximum atomic E-state index is 13.1. The van der Waals surface area contributed by atoms with Crippen LogP contribution in [0.15, 0.2) is 0 Å². The topological polar surface area (TPSA) is 204 Å². The second-order valence-electron chi connectivity index (χ2n) is 10.8. The number of amides is 4. The average molecular weight is 650 g/mol. The minimum absolute atomic E-state index is 0.0394. The fourth-order valence-corrected chi connectivity index (χ4v) is 7.70. The van der Waals surface area contributed by atoms with Crippen LogP contribution in [0.25, 0.3) is 0 Å². The minimum atomic E-state index is -1.64. The van der Waals surface area contributed by atoms with Crippen LogP contribution in [-0.2, 0) is 70.3 Å². The van der Waals surface area contributed by atoms with E-state index in [1.165, 1.54) is 0 Å². The van der Waals surface area contributed by atoms with Crippen LogP contribution in [0.3, 0.4) is 0 Å². The predicted octanol–water partition coefficient (Wildman–Crippen LogP) is -0.382. The highest BCUT2D eigenvalue weighted by atomic mass is 32.2. The van der Waals surface area contributed by atoms with E-state index in [1.807, 2.05) is 6.92 Å². The number of hydroxylamine groups is 4. The summed E-state index contributed by atoms with van der Waals surface area (Å²) < 4.78 is 38.3. The van der Waals surface area contributed by atoms with Crippen molar-refractivity contribution in [3.63, 3.8) is 0 Å². The Balaban J connectivity index is 1.55. The fourth-order valence-electron chi connectivity index (χ4n) is 4.59. The van der Waals surface area contributed by atoms with E-state index in [1.54, 1.807) is 6.92 Å². The first-order valence-corrected chi connectivity index (χ1v) is 17.1. The number of carbonyl (C=O) groups excluding carboxylic acids is 6. The number of nitrogens with zero attached hydrogens (tertiary/aromatic N) is 2. The van der Waals surface area contributed by atoms with Crippen molar-refractivity contribution >= 4 is 57.9 Å². The van der Waals surface area contributed by atoms with Crippen LogP contribution in [0.1, 0.15) is 65.2 Å². The van der Waals surface area contributed by atoms with E-state index in [9.17, 15) is 37.9 Å². The highest BCUT2D eigenvalue weighted by molar-refractivity contribution is 7.92. The molecule has 2 unspecified atom stereocenters. The molecule has 0 aromatic heterocycles. The monoisotopic (exact) mass is 649 g/mol. The van der Waals surface area contributed by atoms with Crippen molar-refractivity contribution in [2.45, 2.75) is 71.0 Å². The van der Waals surface area contributed by atoms with Gasteiger partial charge in [0.05, 0.1) is 26.1 Å². The lowest BCUT2D eigenvalue weighted by Crippen LogP contribution is -2.54. The van der Waals surface area contributed by atoms with Crippen molar-refractivity contribution in [2.75, 3.05) is 49.3 Å². The van der Waals surface area contributed by atoms with Gasteiger partial charge < -0.3 is 33.6 Å². The highest BCUT2D eigenvalue weighted by Crippen LogP contribution is 2.35. The zero-order chi connectivity index (χ0) is 31.6. The Bertz CT molecular complexity index is 956. The van der Waals surface area contributed by atoms with Crippen LogP contribution in [0, 0.1) is 5.41 Å². The summed E-state index contributed by atoms with van der Waals surface area (Å²) in [7, 11) is 0. The van der Waals surface area contributed by atoms with Crippen molar-refractivity contribution in [2.24, 2.45) is 5.41 Å². The third-order valence-corrected chi connectivity index (χ3v) is 10.2. The molecule has 43 heavy (non-hydrogen) atoms. The lowest BCUT2D eigenvalue weighted by molar-refractivity contribution is -0.290. The molecule has 0 bridgehead atoms. The first kappa shape index (κ1) is 35.2. The summed E-state index contributed by atoms with van der Waals surface area (Å²) in [6.07, 6.45) is 0.538. The summed E-state index contributed by atoms with van der Waals surface area (Å²) >= 11 is -3.28. The van der Waals surface area contributed by atoms with Gasteiger partial charge in [-0.2, -0.15) is 0 Å². The van der Waals surface area contributed by atoms with E-state index >= 15 is 0 Å². The van der Waals surface area contributed by atoms with Crippen molar-refractivity contribution in [1.82, 2.24) is 15.4 Å². The van der Waals surface area contributed by atoms with Gasteiger partial charge in [-0.25, -0.2) is 9.59 Å². The molecule has 0 saturated carbocycles. The quantitative estimate of drug-likeness (QED) is 0.121. The van der Waals surface area contributed by atoms with Crippen molar-refractivity contribution < 1.29 is 57.0 Å². The van der Waals surface area contributed by atoms with Gasteiger partial charge in [-0.15, -0.1) is 10.1 Å². The van der Waals surface area contributed by atoms with Gasteiger partial charge in [-0.3, -0.25) is 19.2 Å². The van der Waals surface area contributed by atoms with Crippen molar-refractivity contribution in [3.8, 4) is 0 Å². The van der Waals surface area contributed by atoms with E-state index in [4.69, 9.17) is 19.1 Å². The van der Waals surface area contributed by atoms with E-state index in [0.717, 1.165) is 19.5 Å². The summed E-state index contributed by atoms with van der Waals surface area (Å²) in [5, 5.41) is 4.08. The first-order valence-electron chi connectivity index (χ1n) is 14.2. The Morgan fingerprint density at radius 2 is 1.26 bits per heavy atom. The fraction of sp³-hybridized carbons (Fsp3) is 0.769. The van der Waals surface area contributed by atoms with Gasteiger partial charge in [0.25, 0.3) is 23.6 Å². The highest BCUT2D eigenvalue weighted by Gasteiger charge is 2.48. The third-order valence-electron chi connectivity index (χ3n) is 7.00. The predicted molar refractivity (Wildman–Crippen MR) is 150 cm³/mol. The van der Waals surface area contributed by atoms with Crippen LogP contribution >= 0.6 is 0 Å². The van der Waals surface area contributed by atoms with Crippen LogP contribution in [0.5, 0.6) is 0 Å². The van der Waals surface area contributed by atoms with Crippen LogP contribution in [-0.4, -0.2) is 110 Å². The van der Waals surface area contributed by atoms with E-state index in [-0.39, 0.29) is 74.8 Å². The first-order chi connectivity index (χ1) is 20.3. The Hall–Kier alpha value is -2.28. The van der Waals surface area contributed by atoms with Gasteiger partial charge in [-0.05, 0) is 26.4 Å².